The molecule has 0 spiro atoms. The fourth-order valence-corrected chi connectivity index (χ4v) is 3.51. The minimum absolute atomic E-state index is 0.404. The monoisotopic (exact) mass is 246 g/mol. The van der Waals surface area contributed by atoms with Gasteiger partial charge in [0.1, 0.15) is 0 Å². The molecule has 0 saturated carbocycles. The lowest BCUT2D eigenvalue weighted by atomic mass is 10.1. The van der Waals surface area contributed by atoms with Gasteiger partial charge in [-0.15, -0.1) is 11.8 Å². The van der Waals surface area contributed by atoms with Crippen molar-refractivity contribution < 1.29 is 4.79 Å². The molecule has 2 heterocycles. The maximum Gasteiger partial charge on any atom is 0.214 e. The lowest BCUT2D eigenvalue weighted by Gasteiger charge is -2.26. The molecule has 0 bridgehead atoms. The Morgan fingerprint density at radius 2 is 2.12 bits per heavy atom. The van der Waals surface area contributed by atoms with Crippen LogP contribution in [0.15, 0.2) is 35.9 Å². The van der Waals surface area contributed by atoms with Crippen LogP contribution in [-0.4, -0.2) is 18.3 Å². The van der Waals surface area contributed by atoms with Crippen LogP contribution in [0.5, 0.6) is 0 Å². The van der Waals surface area contributed by atoms with E-state index in [2.05, 4.69) is 29.5 Å². The van der Waals surface area contributed by atoms with Crippen LogP contribution < -0.4 is 9.80 Å². The number of carbonyl (C=O) groups is 1. The summed E-state index contributed by atoms with van der Waals surface area (Å²) < 4.78 is 0. The van der Waals surface area contributed by atoms with Crippen molar-refractivity contribution in [1.82, 2.24) is 0 Å². The molecule has 1 aromatic carbocycles. The van der Waals surface area contributed by atoms with Crippen LogP contribution in [0.3, 0.4) is 0 Å². The summed E-state index contributed by atoms with van der Waals surface area (Å²) in [5.74, 6) is 0.438. The summed E-state index contributed by atoms with van der Waals surface area (Å²) in [4.78, 5) is 15.3. The lowest BCUT2D eigenvalue weighted by Crippen LogP contribution is -2.33. The van der Waals surface area contributed by atoms with Crippen LogP contribution in [0.1, 0.15) is 6.92 Å². The van der Waals surface area contributed by atoms with Crippen LogP contribution in [0.4, 0.5) is 11.4 Å². The molecule has 1 amide bonds. The van der Waals surface area contributed by atoms with E-state index in [1.165, 1.54) is 0 Å². The Morgan fingerprint density at radius 1 is 1.35 bits per heavy atom. The third kappa shape index (κ3) is 1.63. The number of para-hydroxylation sites is 2. The highest BCUT2D eigenvalue weighted by molar-refractivity contribution is 8.03. The van der Waals surface area contributed by atoms with Crippen molar-refractivity contribution in [2.24, 2.45) is 5.92 Å². The fourth-order valence-electron chi connectivity index (χ4n) is 2.48. The van der Waals surface area contributed by atoms with Gasteiger partial charge in [-0.05, 0) is 17.5 Å². The topological polar surface area (TPSA) is 23.6 Å². The van der Waals surface area contributed by atoms with Crippen molar-refractivity contribution in [3.05, 3.63) is 35.9 Å². The smallest absolute Gasteiger partial charge is 0.214 e. The van der Waals surface area contributed by atoms with Crippen molar-refractivity contribution >= 4 is 29.5 Å². The van der Waals surface area contributed by atoms with E-state index in [1.54, 1.807) is 0 Å². The Morgan fingerprint density at radius 3 is 2.88 bits per heavy atom. The van der Waals surface area contributed by atoms with Gasteiger partial charge in [-0.25, -0.2) is 0 Å². The molecule has 0 aromatic heterocycles. The van der Waals surface area contributed by atoms with Crippen LogP contribution >= 0.6 is 11.8 Å². The van der Waals surface area contributed by atoms with Crippen molar-refractivity contribution in [2.45, 2.75) is 12.3 Å². The highest BCUT2D eigenvalue weighted by atomic mass is 32.2. The average Bonchev–Trinajstić information content (AvgIpc) is 2.81. The molecule has 0 N–H and O–H groups in total. The normalized spacial score (nSPS) is 26.4. The maximum atomic E-state index is 11.2. The minimum Gasteiger partial charge on any atom is -0.333 e. The Kier molecular flexibility index (Phi) is 2.59. The second kappa shape index (κ2) is 4.11. The summed E-state index contributed by atoms with van der Waals surface area (Å²) in [5, 5.41) is 2.54. The predicted molar refractivity (Wildman–Crippen MR) is 72.0 cm³/mol. The van der Waals surface area contributed by atoms with Gasteiger partial charge in [0.15, 0.2) is 0 Å². The van der Waals surface area contributed by atoms with Gasteiger partial charge in [0, 0.05) is 18.7 Å². The quantitative estimate of drug-likeness (QED) is 0.712. The van der Waals surface area contributed by atoms with Gasteiger partial charge in [0.05, 0.1) is 16.7 Å². The molecule has 2 aliphatic heterocycles. The van der Waals surface area contributed by atoms with E-state index in [0.29, 0.717) is 11.3 Å². The average molecular weight is 246 g/mol. The molecule has 1 aromatic rings. The second-order valence-corrected chi connectivity index (χ2v) is 5.47. The van der Waals surface area contributed by atoms with Gasteiger partial charge < -0.3 is 9.80 Å². The van der Waals surface area contributed by atoms with Crippen molar-refractivity contribution in [3.63, 3.8) is 0 Å². The molecular formula is C13H14N2OS. The molecule has 0 fully saturated rings. The zero-order chi connectivity index (χ0) is 11.8. The van der Waals surface area contributed by atoms with Gasteiger partial charge in [-0.3, -0.25) is 4.79 Å². The SMILES string of the molecule is CC1CN(C=O)c2ccccc2N2C=CSC12. The summed E-state index contributed by atoms with van der Waals surface area (Å²) in [5.41, 5.74) is 2.12. The van der Waals surface area contributed by atoms with Gasteiger partial charge in [-0.2, -0.15) is 0 Å². The largest absolute Gasteiger partial charge is 0.333 e. The van der Waals surface area contributed by atoms with E-state index in [-0.39, 0.29) is 0 Å². The van der Waals surface area contributed by atoms with E-state index in [4.69, 9.17) is 0 Å². The molecular weight excluding hydrogens is 232 g/mol. The highest BCUT2D eigenvalue weighted by Crippen LogP contribution is 2.42. The molecule has 88 valence electrons. The van der Waals surface area contributed by atoms with Crippen LogP contribution in [0.2, 0.25) is 0 Å². The molecule has 0 radical (unpaired) electrons. The molecule has 4 heteroatoms. The number of hydrogen-bond acceptors (Lipinski definition) is 3. The number of thioether (sulfide) groups is 1. The fraction of sp³-hybridized carbons (Fsp3) is 0.308. The van der Waals surface area contributed by atoms with Crippen molar-refractivity contribution in [1.29, 1.82) is 0 Å². The van der Waals surface area contributed by atoms with Crippen LogP contribution in [0.25, 0.3) is 0 Å². The first-order valence-corrected chi connectivity index (χ1v) is 6.67. The Labute approximate surface area is 105 Å². The number of nitrogens with zero attached hydrogens (tertiary/aromatic N) is 2. The molecule has 2 unspecified atom stereocenters. The first-order valence-electron chi connectivity index (χ1n) is 5.72. The zero-order valence-corrected chi connectivity index (χ0v) is 10.4. The number of amides is 1. The van der Waals surface area contributed by atoms with Gasteiger partial charge in [0.2, 0.25) is 6.41 Å². The molecule has 0 saturated heterocycles. The maximum absolute atomic E-state index is 11.2. The van der Waals surface area contributed by atoms with E-state index in [9.17, 15) is 4.79 Å². The summed E-state index contributed by atoms with van der Waals surface area (Å²) in [6.07, 6.45) is 3.05. The number of rotatable bonds is 1. The van der Waals surface area contributed by atoms with Crippen LogP contribution in [0, 0.1) is 5.92 Å². The summed E-state index contributed by atoms with van der Waals surface area (Å²) in [7, 11) is 0. The summed E-state index contributed by atoms with van der Waals surface area (Å²) >= 11 is 1.83. The third-order valence-electron chi connectivity index (χ3n) is 3.28. The summed E-state index contributed by atoms with van der Waals surface area (Å²) in [6.45, 7) is 2.97. The van der Waals surface area contributed by atoms with E-state index < -0.39 is 0 Å². The standard InChI is InChI=1S/C13H14N2OS/c1-10-8-14(9-16)11-4-2-3-5-12(11)15-6-7-17-13(10)15/h2-7,9-10,13H,8H2,1H3. The van der Waals surface area contributed by atoms with Gasteiger partial charge >= 0.3 is 0 Å². The Bertz CT molecular complexity index is 474. The third-order valence-corrected chi connectivity index (χ3v) is 4.53. The Hall–Kier alpha value is -1.42. The number of anilines is 2. The zero-order valence-electron chi connectivity index (χ0n) is 9.61. The second-order valence-electron chi connectivity index (χ2n) is 4.44. The van der Waals surface area contributed by atoms with Gasteiger partial charge in [-0.1, -0.05) is 19.1 Å². The minimum atomic E-state index is 0.404. The molecule has 3 nitrogen and oxygen atoms in total. The number of benzene rings is 1. The van der Waals surface area contributed by atoms with E-state index in [0.717, 1.165) is 24.3 Å². The molecule has 2 aliphatic rings. The van der Waals surface area contributed by atoms with Gasteiger partial charge in [0.25, 0.3) is 0 Å². The predicted octanol–water partition coefficient (Wildman–Crippen LogP) is 2.65. The number of fused-ring (bicyclic) bond motifs is 3. The number of hydrogen-bond donors (Lipinski definition) is 0. The lowest BCUT2D eigenvalue weighted by molar-refractivity contribution is -0.107. The van der Waals surface area contributed by atoms with Crippen LogP contribution in [-0.2, 0) is 4.79 Å². The first kappa shape index (κ1) is 10.7. The molecule has 2 atom stereocenters. The molecule has 0 aliphatic carbocycles. The summed E-state index contributed by atoms with van der Waals surface area (Å²) in [6, 6.07) is 8.09. The molecule has 3 rings (SSSR count). The van der Waals surface area contributed by atoms with Crippen molar-refractivity contribution in [3.8, 4) is 0 Å². The first-order chi connectivity index (χ1) is 8.31. The molecule has 17 heavy (non-hydrogen) atoms. The van der Waals surface area contributed by atoms with E-state index >= 15 is 0 Å². The van der Waals surface area contributed by atoms with Crippen molar-refractivity contribution in [2.75, 3.05) is 16.3 Å². The highest BCUT2D eigenvalue weighted by Gasteiger charge is 2.33. The van der Waals surface area contributed by atoms with E-state index in [1.807, 2.05) is 34.9 Å². The number of carbonyl (C=O) groups excluding carboxylic acids is 1. The Balaban J connectivity index is 2.13.